The van der Waals surface area contributed by atoms with Crippen molar-refractivity contribution in [2.24, 2.45) is 11.8 Å². The molecule has 0 spiro atoms. The van der Waals surface area contributed by atoms with Gasteiger partial charge in [-0.1, -0.05) is 0 Å². The Bertz CT molecular complexity index is 830. The van der Waals surface area contributed by atoms with E-state index in [9.17, 15) is 13.2 Å². The molecular weight excluding hydrogens is 366 g/mol. The molecule has 4 atom stereocenters. The van der Waals surface area contributed by atoms with Crippen molar-refractivity contribution in [3.63, 3.8) is 0 Å². The maximum atomic E-state index is 12.7. The van der Waals surface area contributed by atoms with Crippen molar-refractivity contribution in [2.45, 2.75) is 44.7 Å². The molecule has 1 amide bonds. The number of hydrogen-bond donors (Lipinski definition) is 1. The molecule has 1 aromatic rings. The molecule has 2 bridgehead atoms. The first kappa shape index (κ1) is 18.6. The quantitative estimate of drug-likeness (QED) is 0.802. The number of anilines is 1. The standard InChI is InChI=1S/C18H27N5O3S/c1-12-6-7-19-18(21-12)22-10-13-8-14(11-22)16(9-20-27(2,25)26)23-15(13)4-3-5-17(23)24/h6-7,13-16,20H,3-5,8-11H2,1-2H3/t13-,14+,15+,16+/m1/s1. The van der Waals surface area contributed by atoms with Crippen LogP contribution >= 0.6 is 0 Å². The monoisotopic (exact) mass is 393 g/mol. The lowest BCUT2D eigenvalue weighted by atomic mass is 9.72. The van der Waals surface area contributed by atoms with Crippen LogP contribution in [0.4, 0.5) is 5.95 Å². The lowest BCUT2D eigenvalue weighted by Crippen LogP contribution is -2.67. The summed E-state index contributed by atoms with van der Waals surface area (Å²) in [6, 6.07) is 1.96. The molecule has 3 fully saturated rings. The molecule has 8 nitrogen and oxygen atoms in total. The van der Waals surface area contributed by atoms with Gasteiger partial charge in [-0.05, 0) is 44.1 Å². The second-order valence-corrected chi connectivity index (χ2v) is 9.94. The zero-order valence-corrected chi connectivity index (χ0v) is 16.7. The van der Waals surface area contributed by atoms with Gasteiger partial charge in [-0.15, -0.1) is 0 Å². The molecule has 9 heteroatoms. The summed E-state index contributed by atoms with van der Waals surface area (Å²) in [4.78, 5) is 25.9. The third-order valence-electron chi connectivity index (χ3n) is 6.12. The van der Waals surface area contributed by atoms with E-state index in [1.807, 2.05) is 17.9 Å². The molecule has 3 aliphatic heterocycles. The summed E-state index contributed by atoms with van der Waals surface area (Å²) in [7, 11) is -3.30. The number of nitrogens with one attached hydrogen (secondary N) is 1. The van der Waals surface area contributed by atoms with E-state index < -0.39 is 10.0 Å². The van der Waals surface area contributed by atoms with Gasteiger partial charge >= 0.3 is 0 Å². The normalized spacial score (nSPS) is 31.0. The van der Waals surface area contributed by atoms with Gasteiger partial charge in [0, 0.05) is 44.0 Å². The minimum absolute atomic E-state index is 0.110. The summed E-state index contributed by atoms with van der Waals surface area (Å²) >= 11 is 0. The highest BCUT2D eigenvalue weighted by Gasteiger charge is 2.49. The molecule has 0 radical (unpaired) electrons. The molecule has 0 aromatic carbocycles. The molecule has 0 aliphatic carbocycles. The van der Waals surface area contributed by atoms with E-state index in [1.165, 1.54) is 6.26 Å². The van der Waals surface area contributed by atoms with Gasteiger partial charge in [-0.2, -0.15) is 0 Å². The number of rotatable bonds is 4. The number of amides is 1. The van der Waals surface area contributed by atoms with Crippen LogP contribution in [0.5, 0.6) is 0 Å². The fourth-order valence-corrected chi connectivity index (χ4v) is 5.50. The van der Waals surface area contributed by atoms with E-state index in [2.05, 4.69) is 19.6 Å². The molecule has 27 heavy (non-hydrogen) atoms. The zero-order chi connectivity index (χ0) is 19.2. The van der Waals surface area contributed by atoms with E-state index >= 15 is 0 Å². The summed E-state index contributed by atoms with van der Waals surface area (Å²) in [5.74, 6) is 1.49. The molecule has 1 aromatic heterocycles. The van der Waals surface area contributed by atoms with Gasteiger partial charge in [-0.25, -0.2) is 23.1 Å². The number of aromatic nitrogens is 2. The summed E-state index contributed by atoms with van der Waals surface area (Å²) in [5, 5.41) is 0. The highest BCUT2D eigenvalue weighted by atomic mass is 32.2. The highest BCUT2D eigenvalue weighted by molar-refractivity contribution is 7.88. The van der Waals surface area contributed by atoms with Crippen LogP contribution in [-0.2, 0) is 14.8 Å². The minimum atomic E-state index is -3.30. The first-order valence-corrected chi connectivity index (χ1v) is 11.5. The smallest absolute Gasteiger partial charge is 0.225 e. The van der Waals surface area contributed by atoms with Crippen LogP contribution in [0.3, 0.4) is 0 Å². The topological polar surface area (TPSA) is 95.5 Å². The summed E-state index contributed by atoms with van der Waals surface area (Å²) in [5.41, 5.74) is 0.931. The molecule has 4 heterocycles. The average molecular weight is 394 g/mol. The van der Waals surface area contributed by atoms with E-state index in [4.69, 9.17) is 0 Å². The number of hydrogen-bond acceptors (Lipinski definition) is 6. The Morgan fingerprint density at radius 2 is 2.07 bits per heavy atom. The Morgan fingerprint density at radius 3 is 2.81 bits per heavy atom. The van der Waals surface area contributed by atoms with Crippen molar-refractivity contribution < 1.29 is 13.2 Å². The van der Waals surface area contributed by atoms with Crippen LogP contribution in [0.25, 0.3) is 0 Å². The molecule has 3 saturated heterocycles. The summed E-state index contributed by atoms with van der Waals surface area (Å²) in [6.07, 6.45) is 6.43. The third kappa shape index (κ3) is 3.80. The molecule has 4 rings (SSSR count). The molecule has 0 unspecified atom stereocenters. The Hall–Kier alpha value is -1.74. The van der Waals surface area contributed by atoms with E-state index in [0.717, 1.165) is 44.0 Å². The Balaban J connectivity index is 1.62. The number of aryl methyl sites for hydroxylation is 1. The number of sulfonamides is 1. The van der Waals surface area contributed by atoms with Crippen molar-refractivity contribution in [1.82, 2.24) is 19.6 Å². The summed E-state index contributed by atoms with van der Waals surface area (Å²) in [6.45, 7) is 3.82. The van der Waals surface area contributed by atoms with Gasteiger partial charge in [-0.3, -0.25) is 4.79 Å². The first-order valence-electron chi connectivity index (χ1n) is 9.62. The van der Waals surface area contributed by atoms with Gasteiger partial charge in [0.1, 0.15) is 0 Å². The van der Waals surface area contributed by atoms with Crippen LogP contribution in [0.2, 0.25) is 0 Å². The minimum Gasteiger partial charge on any atom is -0.340 e. The number of nitrogens with zero attached hydrogens (tertiary/aromatic N) is 4. The largest absolute Gasteiger partial charge is 0.340 e. The Kier molecular flexibility index (Phi) is 4.84. The first-order chi connectivity index (χ1) is 12.8. The van der Waals surface area contributed by atoms with E-state index in [0.29, 0.717) is 12.3 Å². The fraction of sp³-hybridized carbons (Fsp3) is 0.722. The van der Waals surface area contributed by atoms with Crippen molar-refractivity contribution in [3.8, 4) is 0 Å². The Morgan fingerprint density at radius 1 is 1.30 bits per heavy atom. The maximum Gasteiger partial charge on any atom is 0.225 e. The maximum absolute atomic E-state index is 12.7. The van der Waals surface area contributed by atoms with Crippen LogP contribution in [0.1, 0.15) is 31.4 Å². The van der Waals surface area contributed by atoms with Gasteiger partial charge in [0.25, 0.3) is 0 Å². The highest BCUT2D eigenvalue weighted by Crippen LogP contribution is 2.42. The SMILES string of the molecule is Cc1ccnc(N2C[C@H]3C[C@@H](C2)[C@H](CNS(C)(=O)=O)N2C(=O)CCC[C@@H]32)n1. The number of carbonyl (C=O) groups is 1. The van der Waals surface area contributed by atoms with E-state index in [1.54, 1.807) is 6.20 Å². The van der Waals surface area contributed by atoms with Crippen LogP contribution in [-0.4, -0.2) is 67.2 Å². The predicted octanol–water partition coefficient (Wildman–Crippen LogP) is 0.540. The lowest BCUT2D eigenvalue weighted by molar-refractivity contribution is -0.148. The van der Waals surface area contributed by atoms with Gasteiger partial charge in [0.05, 0.1) is 12.3 Å². The summed E-state index contributed by atoms with van der Waals surface area (Å²) < 4.78 is 26.0. The van der Waals surface area contributed by atoms with Crippen LogP contribution in [0.15, 0.2) is 12.3 Å². The lowest BCUT2D eigenvalue weighted by Gasteiger charge is -2.56. The number of carbonyl (C=O) groups excluding carboxylic acids is 1. The average Bonchev–Trinajstić information content (AvgIpc) is 2.61. The fourth-order valence-electron chi connectivity index (χ4n) is 5.03. The second-order valence-electron chi connectivity index (χ2n) is 8.11. The van der Waals surface area contributed by atoms with E-state index in [-0.39, 0.29) is 30.5 Å². The Labute approximate surface area is 160 Å². The number of fused-ring (bicyclic) bond motifs is 4. The van der Waals surface area contributed by atoms with Crippen molar-refractivity contribution >= 4 is 21.9 Å². The second kappa shape index (κ2) is 7.01. The van der Waals surface area contributed by atoms with Crippen LogP contribution < -0.4 is 9.62 Å². The van der Waals surface area contributed by atoms with Crippen molar-refractivity contribution in [2.75, 3.05) is 30.8 Å². The predicted molar refractivity (Wildman–Crippen MR) is 102 cm³/mol. The molecular formula is C18H27N5O3S. The molecule has 1 N–H and O–H groups in total. The molecule has 148 valence electrons. The van der Waals surface area contributed by atoms with Gasteiger partial charge in [0.15, 0.2) is 0 Å². The van der Waals surface area contributed by atoms with Gasteiger partial charge < -0.3 is 9.80 Å². The van der Waals surface area contributed by atoms with Gasteiger partial charge in [0.2, 0.25) is 21.9 Å². The van der Waals surface area contributed by atoms with Crippen LogP contribution in [0, 0.1) is 18.8 Å². The van der Waals surface area contributed by atoms with Crippen molar-refractivity contribution in [1.29, 1.82) is 0 Å². The zero-order valence-electron chi connectivity index (χ0n) is 15.8. The molecule has 0 saturated carbocycles. The molecule has 3 aliphatic rings. The number of piperidine rings is 3. The third-order valence-corrected chi connectivity index (χ3v) is 6.81. The van der Waals surface area contributed by atoms with Crippen molar-refractivity contribution in [3.05, 3.63) is 18.0 Å².